The molecule has 3 N–H and O–H groups in total. The zero-order valence-electron chi connectivity index (χ0n) is 10.4. The number of nitrogens with two attached hydrogens (primary N) is 1. The highest BCUT2D eigenvalue weighted by Gasteiger charge is 2.13. The van der Waals surface area contributed by atoms with Crippen LogP contribution in [0.2, 0.25) is 0 Å². The molecule has 3 nitrogen and oxygen atoms in total. The van der Waals surface area contributed by atoms with E-state index in [1.807, 2.05) is 19.2 Å². The number of nitrogen functional groups attached to an aromatic ring is 1. The van der Waals surface area contributed by atoms with Gasteiger partial charge in [-0.3, -0.25) is 4.98 Å². The van der Waals surface area contributed by atoms with Gasteiger partial charge in [-0.05, 0) is 31.4 Å². The lowest BCUT2D eigenvalue weighted by Gasteiger charge is -2.16. The summed E-state index contributed by atoms with van der Waals surface area (Å²) in [6, 6.07) is 5.16. The maximum Gasteiger partial charge on any atom is 0.150 e. The first-order valence-corrected chi connectivity index (χ1v) is 7.11. The largest absolute Gasteiger partial charge is 0.398 e. The number of nitrogens with one attached hydrogen (secondary N) is 1. The van der Waals surface area contributed by atoms with E-state index in [0.717, 1.165) is 11.1 Å². The maximum atomic E-state index is 14.0. The Bertz CT molecular complexity index is 559. The third-order valence-electron chi connectivity index (χ3n) is 2.68. The predicted molar refractivity (Wildman–Crippen MR) is 77.6 cm³/mol. The predicted octanol–water partition coefficient (Wildman–Crippen LogP) is 3.12. The number of thioether (sulfide) groups is 1. The van der Waals surface area contributed by atoms with Gasteiger partial charge in [-0.25, -0.2) is 4.39 Å². The van der Waals surface area contributed by atoms with Crippen molar-refractivity contribution in [1.29, 1.82) is 0 Å². The molecule has 1 aromatic heterocycles. The lowest BCUT2D eigenvalue weighted by atomic mass is 10.1. The summed E-state index contributed by atoms with van der Waals surface area (Å²) in [6.45, 7) is 2.01. The fraction of sp³-hybridized carbons (Fsp3) is 0.308. The third-order valence-corrected chi connectivity index (χ3v) is 3.52. The Morgan fingerprint density at radius 2 is 2.33 bits per heavy atom. The second kappa shape index (κ2) is 5.44. The van der Waals surface area contributed by atoms with E-state index in [2.05, 4.69) is 10.3 Å². The summed E-state index contributed by atoms with van der Waals surface area (Å²) in [5.74, 6) is 0.546. The van der Waals surface area contributed by atoms with Crippen molar-refractivity contribution in [1.82, 2.24) is 4.98 Å². The van der Waals surface area contributed by atoms with Crippen molar-refractivity contribution in [2.45, 2.75) is 13.0 Å². The Morgan fingerprint density at radius 3 is 3.06 bits per heavy atom. The summed E-state index contributed by atoms with van der Waals surface area (Å²) >= 11 is 1.71. The number of aromatic nitrogens is 1. The quantitative estimate of drug-likeness (QED) is 0.834. The standard InChI is InChI=1S/C13H16FN3S/c1-8(7-18-2)17-13-10(14)6-11(15)9-4-3-5-16-12(9)13/h3-6,8,17H,7,15H2,1-2H3. The minimum atomic E-state index is -0.355. The molecular weight excluding hydrogens is 249 g/mol. The maximum absolute atomic E-state index is 14.0. The second-order valence-electron chi connectivity index (χ2n) is 4.22. The summed E-state index contributed by atoms with van der Waals surface area (Å²) in [6.07, 6.45) is 3.67. The van der Waals surface area contributed by atoms with Gasteiger partial charge in [0.05, 0.1) is 11.2 Å². The molecule has 5 heteroatoms. The summed E-state index contributed by atoms with van der Waals surface area (Å²) in [4.78, 5) is 4.23. The van der Waals surface area contributed by atoms with Crippen LogP contribution in [0.1, 0.15) is 6.92 Å². The molecule has 1 heterocycles. The van der Waals surface area contributed by atoms with E-state index in [1.165, 1.54) is 6.07 Å². The fourth-order valence-electron chi connectivity index (χ4n) is 1.91. The Kier molecular flexibility index (Phi) is 3.91. The van der Waals surface area contributed by atoms with Crippen LogP contribution >= 0.6 is 11.8 Å². The Balaban J connectivity index is 2.49. The molecule has 1 unspecified atom stereocenters. The SMILES string of the molecule is CSCC(C)Nc1c(F)cc(N)c2cccnc12. The van der Waals surface area contributed by atoms with E-state index in [9.17, 15) is 4.39 Å². The van der Waals surface area contributed by atoms with Gasteiger partial charge in [0.25, 0.3) is 0 Å². The molecule has 1 atom stereocenters. The smallest absolute Gasteiger partial charge is 0.150 e. The number of rotatable bonds is 4. The topological polar surface area (TPSA) is 50.9 Å². The number of benzene rings is 1. The van der Waals surface area contributed by atoms with E-state index >= 15 is 0 Å². The molecule has 2 rings (SSSR count). The average Bonchev–Trinajstić information content (AvgIpc) is 2.35. The lowest BCUT2D eigenvalue weighted by molar-refractivity contribution is 0.630. The van der Waals surface area contributed by atoms with Crippen LogP contribution in [0.15, 0.2) is 24.4 Å². The molecule has 0 amide bonds. The molecule has 96 valence electrons. The van der Waals surface area contributed by atoms with Crippen molar-refractivity contribution >= 4 is 34.0 Å². The number of pyridine rings is 1. The van der Waals surface area contributed by atoms with Gasteiger partial charge in [0.2, 0.25) is 0 Å². The summed E-state index contributed by atoms with van der Waals surface area (Å²) in [5.41, 5.74) is 7.24. The molecule has 0 fully saturated rings. The van der Waals surface area contributed by atoms with Crippen LogP contribution in [0.4, 0.5) is 15.8 Å². The number of halogens is 1. The van der Waals surface area contributed by atoms with Crippen molar-refractivity contribution < 1.29 is 4.39 Å². The zero-order valence-corrected chi connectivity index (χ0v) is 11.2. The van der Waals surface area contributed by atoms with Gasteiger partial charge in [-0.15, -0.1) is 0 Å². The minimum absolute atomic E-state index is 0.170. The van der Waals surface area contributed by atoms with E-state index in [-0.39, 0.29) is 11.9 Å². The molecule has 0 bridgehead atoms. The van der Waals surface area contributed by atoms with Crippen molar-refractivity contribution in [3.63, 3.8) is 0 Å². The number of nitrogens with zero attached hydrogens (tertiary/aromatic N) is 1. The van der Waals surface area contributed by atoms with Crippen molar-refractivity contribution in [2.24, 2.45) is 0 Å². The number of fused-ring (bicyclic) bond motifs is 1. The Morgan fingerprint density at radius 1 is 1.56 bits per heavy atom. The van der Waals surface area contributed by atoms with Gasteiger partial charge in [-0.2, -0.15) is 11.8 Å². The third kappa shape index (κ3) is 2.51. The zero-order chi connectivity index (χ0) is 13.1. The molecule has 0 aliphatic heterocycles. The first-order chi connectivity index (χ1) is 8.63. The highest BCUT2D eigenvalue weighted by Crippen LogP contribution is 2.30. The van der Waals surface area contributed by atoms with Crippen LogP contribution in [-0.2, 0) is 0 Å². The summed E-state index contributed by atoms with van der Waals surface area (Å²) in [7, 11) is 0. The van der Waals surface area contributed by atoms with Crippen LogP contribution < -0.4 is 11.1 Å². The van der Waals surface area contributed by atoms with Crippen LogP contribution in [0, 0.1) is 5.82 Å². The molecule has 0 saturated carbocycles. The highest BCUT2D eigenvalue weighted by atomic mass is 32.2. The number of hydrogen-bond acceptors (Lipinski definition) is 4. The Labute approximate surface area is 110 Å². The monoisotopic (exact) mass is 265 g/mol. The van der Waals surface area contributed by atoms with Gasteiger partial charge in [0, 0.05) is 29.1 Å². The van der Waals surface area contributed by atoms with Crippen molar-refractivity contribution in [3.8, 4) is 0 Å². The minimum Gasteiger partial charge on any atom is -0.398 e. The first kappa shape index (κ1) is 13.0. The van der Waals surface area contributed by atoms with Gasteiger partial charge in [0.1, 0.15) is 0 Å². The highest BCUT2D eigenvalue weighted by molar-refractivity contribution is 7.98. The molecule has 0 radical (unpaired) electrons. The number of anilines is 2. The first-order valence-electron chi connectivity index (χ1n) is 5.71. The van der Waals surface area contributed by atoms with Gasteiger partial charge < -0.3 is 11.1 Å². The van der Waals surface area contributed by atoms with Crippen molar-refractivity contribution in [2.75, 3.05) is 23.1 Å². The Hall–Kier alpha value is -1.49. The molecule has 0 saturated heterocycles. The molecule has 0 aliphatic carbocycles. The summed E-state index contributed by atoms with van der Waals surface area (Å²) in [5, 5.41) is 3.94. The molecule has 1 aromatic carbocycles. The molecule has 18 heavy (non-hydrogen) atoms. The van der Waals surface area contributed by atoms with Crippen LogP contribution in [-0.4, -0.2) is 23.0 Å². The van der Waals surface area contributed by atoms with E-state index in [0.29, 0.717) is 16.9 Å². The molecule has 0 aliphatic rings. The fourth-order valence-corrected chi connectivity index (χ4v) is 2.50. The molecule has 2 aromatic rings. The van der Waals surface area contributed by atoms with Crippen molar-refractivity contribution in [3.05, 3.63) is 30.2 Å². The molecular formula is C13H16FN3S. The van der Waals surface area contributed by atoms with Crippen LogP contribution in [0.25, 0.3) is 10.9 Å². The summed E-state index contributed by atoms with van der Waals surface area (Å²) < 4.78 is 14.0. The molecule has 0 spiro atoms. The number of hydrogen-bond donors (Lipinski definition) is 2. The van der Waals surface area contributed by atoms with E-state index in [1.54, 1.807) is 24.0 Å². The van der Waals surface area contributed by atoms with Gasteiger partial charge in [-0.1, -0.05) is 0 Å². The van der Waals surface area contributed by atoms with Crippen LogP contribution in [0.3, 0.4) is 0 Å². The van der Waals surface area contributed by atoms with Crippen LogP contribution in [0.5, 0.6) is 0 Å². The van der Waals surface area contributed by atoms with Gasteiger partial charge >= 0.3 is 0 Å². The second-order valence-corrected chi connectivity index (χ2v) is 5.13. The van der Waals surface area contributed by atoms with E-state index in [4.69, 9.17) is 5.73 Å². The van der Waals surface area contributed by atoms with E-state index < -0.39 is 0 Å². The lowest BCUT2D eigenvalue weighted by Crippen LogP contribution is -2.19. The normalized spacial score (nSPS) is 12.6. The average molecular weight is 265 g/mol. The van der Waals surface area contributed by atoms with Gasteiger partial charge in [0.15, 0.2) is 5.82 Å².